The summed E-state index contributed by atoms with van der Waals surface area (Å²) in [4.78, 5) is 4.23. The normalized spacial score (nSPS) is 16.6. The predicted molar refractivity (Wildman–Crippen MR) is 54.7 cm³/mol. The van der Waals surface area contributed by atoms with Gasteiger partial charge < -0.3 is 0 Å². The summed E-state index contributed by atoms with van der Waals surface area (Å²) in [6, 6.07) is 5.42. The van der Waals surface area contributed by atoms with Gasteiger partial charge in [0.2, 0.25) is 10.0 Å². The molecular weight excluding hydrogens is 200 g/mol. The van der Waals surface area contributed by atoms with Crippen molar-refractivity contribution in [2.75, 3.05) is 11.0 Å². The average molecular weight is 212 g/mol. The van der Waals surface area contributed by atoms with Crippen molar-refractivity contribution in [3.63, 3.8) is 0 Å². The van der Waals surface area contributed by atoms with Crippen LogP contribution in [0.15, 0.2) is 18.2 Å². The van der Waals surface area contributed by atoms with Gasteiger partial charge in [-0.1, -0.05) is 6.07 Å². The Hall–Kier alpha value is -1.10. The monoisotopic (exact) mass is 212 g/mol. The van der Waals surface area contributed by atoms with Crippen LogP contribution in [0, 0.1) is 0 Å². The molecule has 0 spiro atoms. The summed E-state index contributed by atoms with van der Waals surface area (Å²) in [6.07, 6.45) is 3.45. The van der Waals surface area contributed by atoms with Crippen molar-refractivity contribution in [3.8, 4) is 0 Å². The Morgan fingerprint density at radius 3 is 2.71 bits per heavy atom. The maximum Gasteiger partial charge on any atom is 0.230 e. The molecule has 14 heavy (non-hydrogen) atoms. The largest absolute Gasteiger partial charge is 0.268 e. The molecule has 0 saturated heterocycles. The highest BCUT2D eigenvalue weighted by Crippen LogP contribution is 2.39. The van der Waals surface area contributed by atoms with Gasteiger partial charge in [-0.05, 0) is 25.0 Å². The maximum atomic E-state index is 10.9. The van der Waals surface area contributed by atoms with Crippen molar-refractivity contribution in [1.82, 2.24) is 4.98 Å². The van der Waals surface area contributed by atoms with Crippen LogP contribution in [0.5, 0.6) is 0 Å². The summed E-state index contributed by atoms with van der Waals surface area (Å²) >= 11 is 0. The molecule has 0 bridgehead atoms. The SMILES string of the molecule is CS(=O)(=O)Nc1cccc(C2CC2)n1. The average Bonchev–Trinajstić information content (AvgIpc) is 2.83. The third-order valence-corrected chi connectivity index (χ3v) is 2.64. The molecule has 1 N–H and O–H groups in total. The Morgan fingerprint density at radius 1 is 1.43 bits per heavy atom. The highest BCUT2D eigenvalue weighted by Gasteiger charge is 2.24. The minimum Gasteiger partial charge on any atom is -0.268 e. The second kappa shape index (κ2) is 3.24. The quantitative estimate of drug-likeness (QED) is 0.822. The first kappa shape index (κ1) is 9.45. The summed E-state index contributed by atoms with van der Waals surface area (Å²) in [5.74, 6) is 0.952. The van der Waals surface area contributed by atoms with Crippen molar-refractivity contribution in [3.05, 3.63) is 23.9 Å². The number of hydrogen-bond acceptors (Lipinski definition) is 3. The summed E-state index contributed by atoms with van der Waals surface area (Å²) in [5, 5.41) is 0. The van der Waals surface area contributed by atoms with Crippen molar-refractivity contribution < 1.29 is 8.42 Å². The molecule has 0 unspecified atom stereocenters. The number of anilines is 1. The summed E-state index contributed by atoms with van der Waals surface area (Å²) in [7, 11) is -3.21. The van der Waals surface area contributed by atoms with Crippen LogP contribution in [-0.4, -0.2) is 19.7 Å². The van der Waals surface area contributed by atoms with Gasteiger partial charge in [0.15, 0.2) is 0 Å². The zero-order valence-corrected chi connectivity index (χ0v) is 8.71. The summed E-state index contributed by atoms with van der Waals surface area (Å²) < 4.78 is 24.3. The number of hydrogen-bond donors (Lipinski definition) is 1. The lowest BCUT2D eigenvalue weighted by atomic mass is 10.2. The fourth-order valence-electron chi connectivity index (χ4n) is 1.30. The molecule has 0 aliphatic heterocycles. The molecule has 1 aromatic rings. The van der Waals surface area contributed by atoms with E-state index in [2.05, 4.69) is 9.71 Å². The van der Waals surface area contributed by atoms with Crippen LogP contribution in [0.25, 0.3) is 0 Å². The molecular formula is C9H12N2O2S. The first-order valence-corrected chi connectivity index (χ1v) is 6.38. The van der Waals surface area contributed by atoms with Crippen molar-refractivity contribution >= 4 is 15.8 Å². The van der Waals surface area contributed by atoms with E-state index in [-0.39, 0.29) is 0 Å². The summed E-state index contributed by atoms with van der Waals surface area (Å²) in [5.41, 5.74) is 0.985. The molecule has 4 nitrogen and oxygen atoms in total. The topological polar surface area (TPSA) is 59.1 Å². The van der Waals surface area contributed by atoms with E-state index in [0.29, 0.717) is 11.7 Å². The number of nitrogens with zero attached hydrogens (tertiary/aromatic N) is 1. The highest BCUT2D eigenvalue weighted by atomic mass is 32.2. The van der Waals surface area contributed by atoms with Gasteiger partial charge in [0, 0.05) is 11.6 Å². The molecule has 0 atom stereocenters. The summed E-state index contributed by atoms with van der Waals surface area (Å²) in [6.45, 7) is 0. The molecule has 1 aromatic heterocycles. The predicted octanol–water partition coefficient (Wildman–Crippen LogP) is 1.33. The van der Waals surface area contributed by atoms with E-state index in [1.54, 1.807) is 6.07 Å². The Labute approximate surface area is 83.4 Å². The smallest absolute Gasteiger partial charge is 0.230 e. The van der Waals surface area contributed by atoms with Crippen LogP contribution in [-0.2, 0) is 10.0 Å². The van der Waals surface area contributed by atoms with Crippen molar-refractivity contribution in [2.24, 2.45) is 0 Å². The van der Waals surface area contributed by atoms with E-state index >= 15 is 0 Å². The highest BCUT2D eigenvalue weighted by molar-refractivity contribution is 7.92. The first-order valence-electron chi connectivity index (χ1n) is 4.49. The number of sulfonamides is 1. The molecule has 2 rings (SSSR count). The Bertz CT molecular complexity index is 438. The lowest BCUT2D eigenvalue weighted by Gasteiger charge is -2.04. The second-order valence-electron chi connectivity index (χ2n) is 3.60. The first-order chi connectivity index (χ1) is 6.54. The third kappa shape index (κ3) is 2.45. The molecule has 76 valence electrons. The molecule has 1 saturated carbocycles. The van der Waals surface area contributed by atoms with E-state index < -0.39 is 10.0 Å². The molecule has 0 aromatic carbocycles. The van der Waals surface area contributed by atoms with Gasteiger partial charge in [0.1, 0.15) is 5.82 Å². The minimum absolute atomic E-state index is 0.414. The van der Waals surface area contributed by atoms with Gasteiger partial charge in [0.05, 0.1) is 6.26 Å². The Kier molecular flexibility index (Phi) is 2.19. The Balaban J connectivity index is 2.21. The van der Waals surface area contributed by atoms with E-state index in [4.69, 9.17) is 0 Å². The van der Waals surface area contributed by atoms with E-state index in [9.17, 15) is 8.42 Å². The van der Waals surface area contributed by atoms with E-state index in [0.717, 1.165) is 24.8 Å². The zero-order valence-electron chi connectivity index (χ0n) is 7.90. The fraction of sp³-hybridized carbons (Fsp3) is 0.444. The molecule has 0 radical (unpaired) electrons. The number of aromatic nitrogens is 1. The second-order valence-corrected chi connectivity index (χ2v) is 5.34. The minimum atomic E-state index is -3.21. The lowest BCUT2D eigenvalue weighted by Crippen LogP contribution is -2.11. The van der Waals surface area contributed by atoms with Crippen LogP contribution < -0.4 is 4.72 Å². The third-order valence-electron chi connectivity index (χ3n) is 2.06. The molecule has 1 aliphatic carbocycles. The number of rotatable bonds is 3. The van der Waals surface area contributed by atoms with Gasteiger partial charge >= 0.3 is 0 Å². The van der Waals surface area contributed by atoms with Crippen LogP contribution in [0.3, 0.4) is 0 Å². The lowest BCUT2D eigenvalue weighted by molar-refractivity contribution is 0.606. The van der Waals surface area contributed by atoms with Crippen LogP contribution in [0.2, 0.25) is 0 Å². The standard InChI is InChI=1S/C9H12N2O2S/c1-14(12,13)11-9-4-2-3-8(10-9)7-5-6-7/h2-4,7H,5-6H2,1H3,(H,10,11). The van der Waals surface area contributed by atoms with Gasteiger partial charge in [-0.2, -0.15) is 0 Å². The molecule has 0 amide bonds. The van der Waals surface area contributed by atoms with Crippen LogP contribution >= 0.6 is 0 Å². The molecule has 1 fully saturated rings. The number of nitrogens with one attached hydrogen (secondary N) is 1. The van der Waals surface area contributed by atoms with Gasteiger partial charge in [-0.25, -0.2) is 13.4 Å². The van der Waals surface area contributed by atoms with Gasteiger partial charge in [0.25, 0.3) is 0 Å². The van der Waals surface area contributed by atoms with E-state index in [1.807, 2.05) is 12.1 Å². The number of pyridine rings is 1. The molecule has 5 heteroatoms. The van der Waals surface area contributed by atoms with Crippen LogP contribution in [0.1, 0.15) is 24.5 Å². The van der Waals surface area contributed by atoms with Gasteiger partial charge in [-0.15, -0.1) is 0 Å². The van der Waals surface area contributed by atoms with Crippen LogP contribution in [0.4, 0.5) is 5.82 Å². The molecule has 1 heterocycles. The van der Waals surface area contributed by atoms with E-state index in [1.165, 1.54) is 0 Å². The molecule has 1 aliphatic rings. The van der Waals surface area contributed by atoms with Gasteiger partial charge in [-0.3, -0.25) is 4.72 Å². The van der Waals surface area contributed by atoms with Crippen molar-refractivity contribution in [2.45, 2.75) is 18.8 Å². The maximum absolute atomic E-state index is 10.9. The zero-order chi connectivity index (χ0) is 10.2. The Morgan fingerprint density at radius 2 is 2.14 bits per heavy atom. The van der Waals surface area contributed by atoms with Crippen molar-refractivity contribution in [1.29, 1.82) is 0 Å². The fourth-order valence-corrected chi connectivity index (χ4v) is 1.80.